The minimum atomic E-state index is -4.40. The van der Waals surface area contributed by atoms with E-state index in [0.717, 1.165) is 34.2 Å². The van der Waals surface area contributed by atoms with Crippen LogP contribution in [0.5, 0.6) is 5.75 Å². The van der Waals surface area contributed by atoms with Crippen LogP contribution in [0.4, 0.5) is 18.9 Å². The number of hydrogen-bond acceptors (Lipinski definition) is 4. The van der Waals surface area contributed by atoms with Gasteiger partial charge >= 0.3 is 11.8 Å². The monoisotopic (exact) mass is 389 g/mol. The molecule has 2 heterocycles. The predicted octanol–water partition coefficient (Wildman–Crippen LogP) is 5.09. The van der Waals surface area contributed by atoms with Crippen LogP contribution >= 0.6 is 0 Å². The van der Waals surface area contributed by atoms with Gasteiger partial charge in [0.2, 0.25) is 0 Å². The standard InChI is InChI=1S/C21H18F3NO3/c1-11-12(2)20(26)28-19-13(3)18-14(7-17(11)19)9-25(10-27-18)16-6-4-5-15(8-16)21(22,23)24/h4-8H,9-10H2,1-3H3. The van der Waals surface area contributed by atoms with Gasteiger partial charge in [0, 0.05) is 34.3 Å². The topological polar surface area (TPSA) is 42.7 Å². The van der Waals surface area contributed by atoms with Crippen molar-refractivity contribution in [3.8, 4) is 5.75 Å². The van der Waals surface area contributed by atoms with E-state index in [-0.39, 0.29) is 12.4 Å². The van der Waals surface area contributed by atoms with E-state index in [1.165, 1.54) is 6.07 Å². The molecule has 0 radical (unpaired) electrons. The molecule has 0 spiro atoms. The third kappa shape index (κ3) is 2.91. The van der Waals surface area contributed by atoms with E-state index in [4.69, 9.17) is 9.15 Å². The minimum absolute atomic E-state index is 0.107. The number of benzene rings is 2. The molecule has 1 aromatic heterocycles. The first-order valence-electron chi connectivity index (χ1n) is 8.78. The van der Waals surface area contributed by atoms with Crippen LogP contribution < -0.4 is 15.3 Å². The molecule has 0 bridgehead atoms. The van der Waals surface area contributed by atoms with Crippen molar-refractivity contribution in [2.45, 2.75) is 33.5 Å². The lowest BCUT2D eigenvalue weighted by molar-refractivity contribution is -0.137. The number of anilines is 1. The van der Waals surface area contributed by atoms with Crippen LogP contribution in [0.2, 0.25) is 0 Å². The first kappa shape index (κ1) is 18.4. The molecular formula is C21H18F3NO3. The smallest absolute Gasteiger partial charge is 0.416 e. The van der Waals surface area contributed by atoms with Crippen LogP contribution in [0.1, 0.15) is 27.8 Å². The molecule has 0 saturated heterocycles. The number of alkyl halides is 3. The molecule has 0 saturated carbocycles. The fourth-order valence-corrected chi connectivity index (χ4v) is 3.54. The lowest BCUT2D eigenvalue weighted by Crippen LogP contribution is -2.32. The summed E-state index contributed by atoms with van der Waals surface area (Å²) in [7, 11) is 0. The second kappa shape index (κ2) is 6.29. The molecule has 0 fully saturated rings. The Hall–Kier alpha value is -2.96. The number of nitrogens with zero attached hydrogens (tertiary/aromatic N) is 1. The van der Waals surface area contributed by atoms with Gasteiger partial charge in [-0.15, -0.1) is 0 Å². The highest BCUT2D eigenvalue weighted by Gasteiger charge is 2.31. The summed E-state index contributed by atoms with van der Waals surface area (Å²) in [6, 6.07) is 7.08. The Labute approximate surface area is 159 Å². The Morgan fingerprint density at radius 1 is 1.04 bits per heavy atom. The van der Waals surface area contributed by atoms with Crippen LogP contribution in [-0.4, -0.2) is 6.73 Å². The van der Waals surface area contributed by atoms with E-state index in [9.17, 15) is 18.0 Å². The van der Waals surface area contributed by atoms with Gasteiger partial charge in [-0.2, -0.15) is 13.2 Å². The molecule has 4 nitrogen and oxygen atoms in total. The van der Waals surface area contributed by atoms with Crippen LogP contribution in [0.3, 0.4) is 0 Å². The van der Waals surface area contributed by atoms with Gasteiger partial charge in [-0.25, -0.2) is 4.79 Å². The lowest BCUT2D eigenvalue weighted by atomic mass is 9.99. The molecule has 0 N–H and O–H groups in total. The zero-order valence-electron chi connectivity index (χ0n) is 15.6. The van der Waals surface area contributed by atoms with Crippen molar-refractivity contribution >= 4 is 16.7 Å². The van der Waals surface area contributed by atoms with Crippen molar-refractivity contribution in [1.29, 1.82) is 0 Å². The maximum Gasteiger partial charge on any atom is 0.416 e. The van der Waals surface area contributed by atoms with E-state index in [0.29, 0.717) is 29.1 Å². The van der Waals surface area contributed by atoms with Gasteiger partial charge in [0.25, 0.3) is 0 Å². The number of fused-ring (bicyclic) bond motifs is 2. The second-order valence-corrected chi connectivity index (χ2v) is 7.03. The maximum atomic E-state index is 13.0. The molecule has 1 aliphatic heterocycles. The lowest BCUT2D eigenvalue weighted by Gasteiger charge is -2.32. The van der Waals surface area contributed by atoms with Crippen molar-refractivity contribution in [1.82, 2.24) is 0 Å². The number of ether oxygens (including phenoxy) is 1. The number of hydrogen-bond donors (Lipinski definition) is 0. The first-order valence-corrected chi connectivity index (χ1v) is 8.78. The molecule has 28 heavy (non-hydrogen) atoms. The minimum Gasteiger partial charge on any atom is -0.472 e. The summed E-state index contributed by atoms with van der Waals surface area (Å²) in [6.07, 6.45) is -4.40. The summed E-state index contributed by atoms with van der Waals surface area (Å²) in [5, 5.41) is 0.808. The second-order valence-electron chi connectivity index (χ2n) is 7.03. The van der Waals surface area contributed by atoms with Gasteiger partial charge in [0.15, 0.2) is 6.73 Å². The quantitative estimate of drug-likeness (QED) is 0.544. The third-order valence-corrected chi connectivity index (χ3v) is 5.27. The van der Waals surface area contributed by atoms with Gasteiger partial charge in [0.05, 0.1) is 5.56 Å². The Balaban J connectivity index is 1.79. The van der Waals surface area contributed by atoms with Crippen molar-refractivity contribution in [3.05, 3.63) is 68.6 Å². The molecule has 0 amide bonds. The molecule has 7 heteroatoms. The van der Waals surface area contributed by atoms with Crippen LogP contribution in [0, 0.1) is 20.8 Å². The van der Waals surface area contributed by atoms with Gasteiger partial charge < -0.3 is 14.1 Å². The normalized spacial score (nSPS) is 14.1. The van der Waals surface area contributed by atoms with Crippen LogP contribution in [-0.2, 0) is 12.7 Å². The van der Waals surface area contributed by atoms with Crippen molar-refractivity contribution < 1.29 is 22.3 Å². The van der Waals surface area contributed by atoms with Crippen molar-refractivity contribution in [2.24, 2.45) is 0 Å². The van der Waals surface area contributed by atoms with Gasteiger partial charge in [0.1, 0.15) is 11.3 Å². The molecule has 0 atom stereocenters. The van der Waals surface area contributed by atoms with Crippen molar-refractivity contribution in [2.75, 3.05) is 11.6 Å². The Morgan fingerprint density at radius 3 is 2.50 bits per heavy atom. The number of rotatable bonds is 1. The van der Waals surface area contributed by atoms with E-state index in [1.54, 1.807) is 17.9 Å². The predicted molar refractivity (Wildman–Crippen MR) is 99.8 cm³/mol. The molecule has 146 valence electrons. The first-order chi connectivity index (χ1) is 13.2. The molecule has 4 rings (SSSR count). The average molecular weight is 389 g/mol. The Bertz CT molecular complexity index is 1150. The van der Waals surface area contributed by atoms with E-state index >= 15 is 0 Å². The number of halogens is 3. The highest BCUT2D eigenvalue weighted by molar-refractivity contribution is 5.87. The largest absolute Gasteiger partial charge is 0.472 e. The van der Waals surface area contributed by atoms with Gasteiger partial charge in [-0.1, -0.05) is 6.07 Å². The van der Waals surface area contributed by atoms with Gasteiger partial charge in [-0.05, 0) is 50.6 Å². The summed E-state index contributed by atoms with van der Waals surface area (Å²) in [5.41, 5.74) is 2.77. The summed E-state index contributed by atoms with van der Waals surface area (Å²) in [6.45, 7) is 5.88. The van der Waals surface area contributed by atoms with E-state index in [2.05, 4.69) is 0 Å². The summed E-state index contributed by atoms with van der Waals surface area (Å²) >= 11 is 0. The molecule has 1 aliphatic rings. The van der Waals surface area contributed by atoms with E-state index < -0.39 is 11.7 Å². The Kier molecular flexibility index (Phi) is 4.14. The molecule has 3 aromatic rings. The third-order valence-electron chi connectivity index (χ3n) is 5.27. The van der Waals surface area contributed by atoms with E-state index in [1.807, 2.05) is 19.9 Å². The summed E-state index contributed by atoms with van der Waals surface area (Å²) in [5.74, 6) is 0.613. The Morgan fingerprint density at radius 2 is 1.79 bits per heavy atom. The summed E-state index contributed by atoms with van der Waals surface area (Å²) in [4.78, 5) is 13.8. The molecular weight excluding hydrogens is 371 g/mol. The average Bonchev–Trinajstić information content (AvgIpc) is 2.66. The molecule has 0 unspecified atom stereocenters. The summed E-state index contributed by atoms with van der Waals surface area (Å²) < 4.78 is 50.4. The highest BCUT2D eigenvalue weighted by Crippen LogP contribution is 2.38. The SMILES string of the molecule is Cc1c(C)c2cc3c(c(C)c2oc1=O)OCN(c1cccc(C(F)(F)F)c1)C3. The van der Waals surface area contributed by atoms with Crippen LogP contribution in [0.25, 0.3) is 11.0 Å². The maximum absolute atomic E-state index is 13.0. The van der Waals surface area contributed by atoms with Gasteiger partial charge in [-0.3, -0.25) is 0 Å². The number of aryl methyl sites for hydroxylation is 2. The fourth-order valence-electron chi connectivity index (χ4n) is 3.54. The molecule has 2 aromatic carbocycles. The highest BCUT2D eigenvalue weighted by atomic mass is 19.4. The van der Waals surface area contributed by atoms with Crippen molar-refractivity contribution in [3.63, 3.8) is 0 Å². The molecule has 0 aliphatic carbocycles. The zero-order valence-corrected chi connectivity index (χ0v) is 15.6. The van der Waals surface area contributed by atoms with Crippen LogP contribution in [0.15, 0.2) is 39.5 Å². The fraction of sp³-hybridized carbons (Fsp3) is 0.286. The zero-order chi connectivity index (χ0) is 20.2.